The second-order valence-corrected chi connectivity index (χ2v) is 9.98. The van der Waals surface area contributed by atoms with Crippen molar-refractivity contribution in [3.63, 3.8) is 0 Å². The molecule has 0 N–H and O–H groups in total. The number of morpholine rings is 1. The first-order chi connectivity index (χ1) is 15.7. The van der Waals surface area contributed by atoms with E-state index in [1.165, 1.54) is 22.5 Å². The van der Waals surface area contributed by atoms with Crippen molar-refractivity contribution >= 4 is 27.6 Å². The molecule has 0 saturated carbocycles. The van der Waals surface area contributed by atoms with Crippen LogP contribution in [0.4, 0.5) is 0 Å². The molecule has 0 radical (unpaired) electrons. The van der Waals surface area contributed by atoms with Gasteiger partial charge in [-0.15, -0.1) is 10.2 Å². The summed E-state index contributed by atoms with van der Waals surface area (Å²) in [5.41, 5.74) is 0.775. The largest absolute Gasteiger partial charge is 0.452 e. The van der Waals surface area contributed by atoms with E-state index in [4.69, 9.17) is 25.5 Å². The van der Waals surface area contributed by atoms with Crippen molar-refractivity contribution in [2.24, 2.45) is 0 Å². The summed E-state index contributed by atoms with van der Waals surface area (Å²) in [7, 11) is -3.94. The Morgan fingerprint density at radius 3 is 2.52 bits per heavy atom. The van der Waals surface area contributed by atoms with E-state index in [-0.39, 0.29) is 53.3 Å². The van der Waals surface area contributed by atoms with Crippen LogP contribution >= 0.6 is 11.6 Å². The van der Waals surface area contributed by atoms with Gasteiger partial charge in [0.15, 0.2) is 6.61 Å². The van der Waals surface area contributed by atoms with Crippen molar-refractivity contribution < 1.29 is 27.1 Å². The van der Waals surface area contributed by atoms with Gasteiger partial charge in [-0.2, -0.15) is 4.31 Å². The Morgan fingerprint density at radius 2 is 1.82 bits per heavy atom. The number of benzene rings is 2. The van der Waals surface area contributed by atoms with Crippen molar-refractivity contribution in [3.8, 4) is 11.5 Å². The monoisotopic (exact) mass is 491 g/mol. The van der Waals surface area contributed by atoms with Crippen molar-refractivity contribution in [1.82, 2.24) is 14.5 Å². The minimum Gasteiger partial charge on any atom is -0.452 e. The zero-order valence-corrected chi connectivity index (χ0v) is 19.5. The molecule has 0 bridgehead atoms. The van der Waals surface area contributed by atoms with Crippen LogP contribution in [0.1, 0.15) is 30.1 Å². The van der Waals surface area contributed by atoms with Gasteiger partial charge in [0.05, 0.1) is 22.8 Å². The highest BCUT2D eigenvalue weighted by Gasteiger charge is 2.34. The van der Waals surface area contributed by atoms with E-state index in [0.717, 1.165) is 5.56 Å². The Balaban J connectivity index is 1.48. The lowest BCUT2D eigenvalue weighted by atomic mass is 10.2. The van der Waals surface area contributed by atoms with Gasteiger partial charge >= 0.3 is 5.97 Å². The summed E-state index contributed by atoms with van der Waals surface area (Å²) >= 11 is 6.19. The molecule has 11 heteroatoms. The van der Waals surface area contributed by atoms with E-state index in [9.17, 15) is 13.2 Å². The fraction of sp³-hybridized carbons (Fsp3) is 0.318. The Bertz CT molecular complexity index is 1240. The molecule has 1 fully saturated rings. The summed E-state index contributed by atoms with van der Waals surface area (Å²) in [5, 5.41) is 7.83. The average Bonchev–Trinajstić information content (AvgIpc) is 3.27. The maximum absolute atomic E-state index is 13.2. The number of nitrogens with zero attached hydrogens (tertiary/aromatic N) is 3. The topological polar surface area (TPSA) is 112 Å². The summed E-state index contributed by atoms with van der Waals surface area (Å²) in [6, 6.07) is 13.1. The van der Waals surface area contributed by atoms with Gasteiger partial charge in [-0.25, -0.2) is 13.2 Å². The second-order valence-electron chi connectivity index (χ2n) is 7.67. The molecule has 33 heavy (non-hydrogen) atoms. The van der Waals surface area contributed by atoms with Crippen LogP contribution in [-0.4, -0.2) is 54.2 Å². The Morgan fingerprint density at radius 1 is 1.12 bits per heavy atom. The molecule has 2 aromatic carbocycles. The molecule has 4 rings (SSSR count). The number of carbonyl (C=O) groups excluding carboxylic acids is 1. The molecule has 2 unspecified atom stereocenters. The quantitative estimate of drug-likeness (QED) is 0.481. The second kappa shape index (κ2) is 9.60. The van der Waals surface area contributed by atoms with E-state index < -0.39 is 16.0 Å². The van der Waals surface area contributed by atoms with Gasteiger partial charge in [0.2, 0.25) is 15.9 Å². The Hall–Kier alpha value is -2.79. The minimum atomic E-state index is -3.94. The molecule has 1 aliphatic rings. The number of hydrogen-bond donors (Lipinski definition) is 0. The lowest BCUT2D eigenvalue weighted by Crippen LogP contribution is -2.48. The van der Waals surface area contributed by atoms with Crippen molar-refractivity contribution in [1.29, 1.82) is 0 Å². The molecule has 1 aromatic heterocycles. The molecule has 2 heterocycles. The molecular weight excluding hydrogens is 470 g/mol. The number of sulfonamides is 1. The third kappa shape index (κ3) is 5.25. The molecule has 0 spiro atoms. The molecular formula is C22H22ClN3O6S. The Labute approximate surface area is 196 Å². The van der Waals surface area contributed by atoms with Gasteiger partial charge in [0.1, 0.15) is 4.90 Å². The number of rotatable bonds is 6. The van der Waals surface area contributed by atoms with E-state index in [1.54, 1.807) is 13.8 Å². The number of hydrogen-bond acceptors (Lipinski definition) is 8. The van der Waals surface area contributed by atoms with Gasteiger partial charge in [-0.05, 0) is 44.2 Å². The molecule has 174 valence electrons. The van der Waals surface area contributed by atoms with Crippen LogP contribution in [0.2, 0.25) is 5.02 Å². The van der Waals surface area contributed by atoms with E-state index in [1.807, 2.05) is 30.3 Å². The number of aromatic nitrogens is 2. The fourth-order valence-electron chi connectivity index (χ4n) is 3.51. The first kappa shape index (κ1) is 23.4. The standard InChI is InChI=1S/C22H22ClN3O6S/c1-14-11-26(12-15(2)31-14)33(28,29)19-10-17(8-9-18(19)23)22(27)30-13-20-24-25-21(32-20)16-6-4-3-5-7-16/h3-10,14-15H,11-13H2,1-2H3. The van der Waals surface area contributed by atoms with E-state index in [2.05, 4.69) is 10.2 Å². The fourth-order valence-corrected chi connectivity index (χ4v) is 5.60. The molecule has 0 aliphatic carbocycles. The van der Waals surface area contributed by atoms with Crippen LogP contribution in [0.25, 0.3) is 11.5 Å². The first-order valence-electron chi connectivity index (χ1n) is 10.2. The molecule has 0 amide bonds. The first-order valence-corrected chi connectivity index (χ1v) is 12.1. The zero-order chi connectivity index (χ0) is 23.6. The lowest BCUT2D eigenvalue weighted by molar-refractivity contribution is -0.0440. The van der Waals surface area contributed by atoms with Crippen LogP contribution in [0.5, 0.6) is 0 Å². The highest BCUT2D eigenvalue weighted by Crippen LogP contribution is 2.28. The highest BCUT2D eigenvalue weighted by atomic mass is 35.5. The molecule has 3 aromatic rings. The van der Waals surface area contributed by atoms with Crippen LogP contribution < -0.4 is 0 Å². The van der Waals surface area contributed by atoms with Gasteiger partial charge in [0, 0.05) is 18.7 Å². The van der Waals surface area contributed by atoms with Crippen molar-refractivity contribution in [2.75, 3.05) is 13.1 Å². The van der Waals surface area contributed by atoms with Gasteiger partial charge in [-0.3, -0.25) is 0 Å². The van der Waals surface area contributed by atoms with Crippen LogP contribution in [-0.2, 0) is 26.1 Å². The summed E-state index contributed by atoms with van der Waals surface area (Å²) in [4.78, 5) is 12.4. The third-order valence-corrected chi connectivity index (χ3v) is 7.30. The third-order valence-electron chi connectivity index (χ3n) is 4.99. The number of halogens is 1. The number of ether oxygens (including phenoxy) is 2. The summed E-state index contributed by atoms with van der Waals surface area (Å²) in [6.07, 6.45) is -0.517. The van der Waals surface area contributed by atoms with Gasteiger partial charge in [0.25, 0.3) is 5.89 Å². The SMILES string of the molecule is CC1CN(S(=O)(=O)c2cc(C(=O)OCc3nnc(-c4ccccc4)o3)ccc2Cl)CC(C)O1. The summed E-state index contributed by atoms with van der Waals surface area (Å²) < 4.78 is 44.1. The van der Waals surface area contributed by atoms with Gasteiger partial charge < -0.3 is 13.9 Å². The smallest absolute Gasteiger partial charge is 0.338 e. The van der Waals surface area contributed by atoms with Crippen LogP contribution in [0.15, 0.2) is 57.8 Å². The molecule has 1 saturated heterocycles. The van der Waals surface area contributed by atoms with E-state index >= 15 is 0 Å². The normalized spacial score (nSPS) is 19.4. The summed E-state index contributed by atoms with van der Waals surface area (Å²) in [6.45, 7) is 3.72. The maximum Gasteiger partial charge on any atom is 0.338 e. The van der Waals surface area contributed by atoms with Crippen LogP contribution in [0.3, 0.4) is 0 Å². The Kier molecular flexibility index (Phi) is 6.80. The number of esters is 1. The minimum absolute atomic E-state index is 0.0164. The van der Waals surface area contributed by atoms with Crippen molar-refractivity contribution in [3.05, 3.63) is 65.0 Å². The molecule has 2 atom stereocenters. The molecule has 1 aliphatic heterocycles. The van der Waals surface area contributed by atoms with Gasteiger partial charge in [-0.1, -0.05) is 29.8 Å². The van der Waals surface area contributed by atoms with Crippen LogP contribution in [0, 0.1) is 0 Å². The predicted octanol–water partition coefficient (Wildman–Crippen LogP) is 3.54. The lowest BCUT2D eigenvalue weighted by Gasteiger charge is -2.34. The van der Waals surface area contributed by atoms with E-state index in [0.29, 0.717) is 5.89 Å². The number of carbonyl (C=O) groups is 1. The van der Waals surface area contributed by atoms with Crippen molar-refractivity contribution in [2.45, 2.75) is 37.6 Å². The summed E-state index contributed by atoms with van der Waals surface area (Å²) in [5.74, 6) is -0.331. The maximum atomic E-state index is 13.2. The highest BCUT2D eigenvalue weighted by molar-refractivity contribution is 7.89. The molecule has 9 nitrogen and oxygen atoms in total. The zero-order valence-electron chi connectivity index (χ0n) is 18.0. The predicted molar refractivity (Wildman–Crippen MR) is 119 cm³/mol. The average molecular weight is 492 g/mol.